The molecular formula is C32H38N2O5Si. The first-order chi connectivity index (χ1) is 19.2. The van der Waals surface area contributed by atoms with E-state index in [4.69, 9.17) is 9.47 Å². The van der Waals surface area contributed by atoms with Crippen LogP contribution >= 0.6 is 0 Å². The van der Waals surface area contributed by atoms with Crippen LogP contribution in [-0.2, 0) is 26.5 Å². The molecule has 0 aromatic heterocycles. The van der Waals surface area contributed by atoms with E-state index in [-0.39, 0.29) is 42.8 Å². The molecule has 0 saturated carbocycles. The highest BCUT2D eigenvalue weighted by atomic mass is 28.3. The number of para-hydroxylation sites is 1. The topological polar surface area (TPSA) is 88.1 Å². The molecule has 8 heteroatoms. The minimum atomic E-state index is -2.33. The van der Waals surface area contributed by atoms with E-state index in [0.717, 1.165) is 22.6 Å². The van der Waals surface area contributed by atoms with E-state index in [9.17, 15) is 14.7 Å². The van der Waals surface area contributed by atoms with Crippen LogP contribution in [0.4, 0.5) is 5.69 Å². The van der Waals surface area contributed by atoms with Crippen molar-refractivity contribution in [3.05, 3.63) is 90.0 Å². The van der Waals surface area contributed by atoms with Gasteiger partial charge in [0.2, 0.25) is 5.91 Å². The molecule has 0 bridgehead atoms. The third-order valence-corrected chi connectivity index (χ3v) is 13.2. The Kier molecular flexibility index (Phi) is 7.86. The Hall–Kier alpha value is -3.46. The lowest BCUT2D eigenvalue weighted by molar-refractivity contribution is -0.148. The summed E-state index contributed by atoms with van der Waals surface area (Å²) in [4.78, 5) is 29.2. The molecule has 1 fully saturated rings. The van der Waals surface area contributed by atoms with E-state index in [2.05, 4.69) is 37.5 Å². The lowest BCUT2D eigenvalue weighted by Crippen LogP contribution is -2.52. The van der Waals surface area contributed by atoms with Crippen molar-refractivity contribution in [2.75, 3.05) is 25.6 Å². The van der Waals surface area contributed by atoms with Crippen LogP contribution in [0, 0.1) is 5.92 Å². The summed E-state index contributed by atoms with van der Waals surface area (Å²) in [5, 5.41) is 14.0. The lowest BCUT2D eigenvalue weighted by atomic mass is 9.82. The number of nitrogens with one attached hydrogen (secondary N) is 1. The number of aliphatic hydroxyl groups is 1. The normalized spacial score (nSPS) is 23.6. The van der Waals surface area contributed by atoms with Crippen molar-refractivity contribution in [3.8, 4) is 5.75 Å². The summed E-state index contributed by atoms with van der Waals surface area (Å²) in [6.07, 6.45) is -0.342. The van der Waals surface area contributed by atoms with Crippen LogP contribution in [0.3, 0.4) is 0 Å². The van der Waals surface area contributed by atoms with Crippen molar-refractivity contribution in [1.29, 1.82) is 0 Å². The van der Waals surface area contributed by atoms with E-state index in [1.807, 2.05) is 66.7 Å². The van der Waals surface area contributed by atoms with Gasteiger partial charge in [-0.05, 0) is 29.3 Å². The lowest BCUT2D eigenvalue weighted by Gasteiger charge is -2.37. The first-order valence-electron chi connectivity index (χ1n) is 13.9. The quantitative estimate of drug-likeness (QED) is 0.383. The molecule has 210 valence electrons. The first-order valence-corrected chi connectivity index (χ1v) is 17.0. The van der Waals surface area contributed by atoms with Crippen molar-refractivity contribution in [3.63, 3.8) is 0 Å². The van der Waals surface area contributed by atoms with Gasteiger partial charge in [0.25, 0.3) is 5.91 Å². The van der Waals surface area contributed by atoms with E-state index >= 15 is 0 Å². The number of carbonyl (C=O) groups excluding carboxylic acids is 2. The smallest absolute Gasteiger partial charge is 0.261 e. The number of anilines is 1. The SMILES string of the molecule is COc1ccc([Si](C)(C)[C@@H]2[C@@H](CC(=O)N(CCO)Cc3ccccc3)O[C@]3(C(=O)Nc4ccccc43)[C@H]2C)cc1. The van der Waals surface area contributed by atoms with Gasteiger partial charge in [-0.3, -0.25) is 9.59 Å². The molecular weight excluding hydrogens is 520 g/mol. The molecule has 0 radical (unpaired) electrons. The predicted molar refractivity (Wildman–Crippen MR) is 158 cm³/mol. The Bertz CT molecular complexity index is 1360. The second kappa shape index (κ2) is 11.2. The maximum Gasteiger partial charge on any atom is 0.261 e. The minimum Gasteiger partial charge on any atom is -0.497 e. The molecule has 2 N–H and O–H groups in total. The highest BCUT2D eigenvalue weighted by Gasteiger charge is 2.64. The Labute approximate surface area is 237 Å². The van der Waals surface area contributed by atoms with E-state index < -0.39 is 19.8 Å². The summed E-state index contributed by atoms with van der Waals surface area (Å²) in [6, 6.07) is 25.6. The summed E-state index contributed by atoms with van der Waals surface area (Å²) in [6.45, 7) is 7.20. The molecule has 4 atom stereocenters. The number of benzene rings is 3. The van der Waals surface area contributed by atoms with Crippen LogP contribution in [0.5, 0.6) is 5.75 Å². The van der Waals surface area contributed by atoms with Gasteiger partial charge >= 0.3 is 0 Å². The van der Waals surface area contributed by atoms with Crippen molar-refractivity contribution in [1.82, 2.24) is 4.90 Å². The minimum absolute atomic E-state index is 0.0329. The van der Waals surface area contributed by atoms with E-state index in [0.29, 0.717) is 6.54 Å². The van der Waals surface area contributed by atoms with Gasteiger partial charge in [-0.1, -0.05) is 85.9 Å². The van der Waals surface area contributed by atoms with Crippen molar-refractivity contribution >= 4 is 30.8 Å². The number of ether oxygens (including phenoxy) is 2. The highest BCUT2D eigenvalue weighted by molar-refractivity contribution is 6.91. The second-order valence-electron chi connectivity index (χ2n) is 11.4. The third-order valence-electron chi connectivity index (χ3n) is 8.81. The maximum absolute atomic E-state index is 13.9. The third kappa shape index (κ3) is 4.85. The van der Waals surface area contributed by atoms with Crippen molar-refractivity contribution < 1.29 is 24.2 Å². The predicted octanol–water partition coefficient (Wildman–Crippen LogP) is 4.27. The number of hydrogen-bond donors (Lipinski definition) is 2. The molecule has 2 amide bonds. The van der Waals surface area contributed by atoms with Crippen LogP contribution in [0.15, 0.2) is 78.9 Å². The summed E-state index contributed by atoms with van der Waals surface area (Å²) >= 11 is 0. The molecule has 0 aliphatic carbocycles. The zero-order chi connectivity index (χ0) is 28.5. The van der Waals surface area contributed by atoms with Crippen LogP contribution in [0.25, 0.3) is 0 Å². The maximum atomic E-state index is 13.9. The second-order valence-corrected chi connectivity index (χ2v) is 16.1. The number of nitrogens with zero attached hydrogens (tertiary/aromatic N) is 1. The van der Waals surface area contributed by atoms with E-state index in [1.54, 1.807) is 12.0 Å². The zero-order valence-electron chi connectivity index (χ0n) is 23.6. The number of rotatable bonds is 9. The largest absolute Gasteiger partial charge is 0.497 e. The summed E-state index contributed by atoms with van der Waals surface area (Å²) in [5.74, 6) is 0.357. The van der Waals surface area contributed by atoms with Gasteiger partial charge in [0.15, 0.2) is 5.60 Å². The molecule has 1 spiro atoms. The fraction of sp³-hybridized carbons (Fsp3) is 0.375. The van der Waals surface area contributed by atoms with Gasteiger partial charge in [-0.25, -0.2) is 0 Å². The van der Waals surface area contributed by atoms with Gasteiger partial charge in [0.05, 0.1) is 34.3 Å². The molecule has 2 heterocycles. The molecule has 40 heavy (non-hydrogen) atoms. The molecule has 0 unspecified atom stereocenters. The molecule has 1 saturated heterocycles. The van der Waals surface area contributed by atoms with Crippen LogP contribution in [0.2, 0.25) is 18.6 Å². The van der Waals surface area contributed by atoms with Gasteiger partial charge < -0.3 is 24.8 Å². The number of methoxy groups -OCH3 is 1. The molecule has 7 nitrogen and oxygen atoms in total. The van der Waals surface area contributed by atoms with Gasteiger partial charge in [-0.15, -0.1) is 0 Å². The van der Waals surface area contributed by atoms with Gasteiger partial charge in [0.1, 0.15) is 5.75 Å². The average Bonchev–Trinajstić information content (AvgIpc) is 3.42. The Morgan fingerprint density at radius 1 is 1.05 bits per heavy atom. The standard InChI is InChI=1S/C32H38N2O5Si/c1-22-30(40(3,4)25-16-14-24(38-2)15-17-25)28(39-32(22)26-12-8-9-13-27(26)33-31(32)37)20-29(36)34(18-19-35)21-23-10-6-5-7-11-23/h5-17,22,28,30,35H,18-21H2,1-4H3,(H,33,37)/t22-,28+,30-,32+/m0/s1. The zero-order valence-corrected chi connectivity index (χ0v) is 24.6. The molecule has 2 aliphatic rings. The molecule has 3 aromatic carbocycles. The Morgan fingerprint density at radius 2 is 1.73 bits per heavy atom. The number of fused-ring (bicyclic) bond motifs is 2. The number of amides is 2. The average molecular weight is 559 g/mol. The molecule has 2 aliphatic heterocycles. The first kappa shape index (κ1) is 28.1. The summed E-state index contributed by atoms with van der Waals surface area (Å²) < 4.78 is 12.3. The molecule has 5 rings (SSSR count). The fourth-order valence-electron chi connectivity index (χ4n) is 6.81. The van der Waals surface area contributed by atoms with E-state index in [1.165, 1.54) is 5.19 Å². The number of hydrogen-bond acceptors (Lipinski definition) is 5. The summed E-state index contributed by atoms with van der Waals surface area (Å²) in [5.41, 5.74) is 1.40. The molecule has 3 aromatic rings. The Balaban J connectivity index is 1.52. The fourth-order valence-corrected chi connectivity index (χ4v) is 10.8. The Morgan fingerprint density at radius 3 is 2.40 bits per heavy atom. The summed E-state index contributed by atoms with van der Waals surface area (Å²) in [7, 11) is -0.675. The number of aliphatic hydroxyl groups excluding tert-OH is 1. The van der Waals surface area contributed by atoms with Gasteiger partial charge in [-0.2, -0.15) is 0 Å². The van der Waals surface area contributed by atoms with Crippen molar-refractivity contribution in [2.24, 2.45) is 5.92 Å². The van der Waals surface area contributed by atoms with Crippen LogP contribution < -0.4 is 15.2 Å². The highest BCUT2D eigenvalue weighted by Crippen LogP contribution is 2.58. The number of carbonyl (C=O) groups is 2. The van der Waals surface area contributed by atoms with Crippen LogP contribution in [-0.4, -0.2) is 56.3 Å². The van der Waals surface area contributed by atoms with Crippen molar-refractivity contribution in [2.45, 2.75) is 50.2 Å². The monoisotopic (exact) mass is 558 g/mol. The van der Waals surface area contributed by atoms with Crippen LogP contribution in [0.1, 0.15) is 24.5 Å². The van der Waals surface area contributed by atoms with Gasteiger partial charge in [0, 0.05) is 30.3 Å².